The van der Waals surface area contributed by atoms with Crippen molar-refractivity contribution in [3.63, 3.8) is 0 Å². The van der Waals surface area contributed by atoms with Gasteiger partial charge in [0.15, 0.2) is 0 Å². The molecule has 1 nitrogen and oxygen atoms in total. The molecule has 1 aliphatic rings. The van der Waals surface area contributed by atoms with Gasteiger partial charge in [-0.2, -0.15) is 0 Å². The van der Waals surface area contributed by atoms with Crippen molar-refractivity contribution in [2.45, 2.75) is 12.8 Å². The molecule has 0 atom stereocenters. The third-order valence-electron chi connectivity index (χ3n) is 2.07. The SMILES string of the molecule is Clc1cc(OCC2CC2)ccc1Br. The molecule has 0 heterocycles. The molecule has 0 aliphatic heterocycles. The minimum Gasteiger partial charge on any atom is -0.493 e. The molecule has 0 radical (unpaired) electrons. The second-order valence-electron chi connectivity index (χ2n) is 3.33. The van der Waals surface area contributed by atoms with Crippen LogP contribution in [0.25, 0.3) is 0 Å². The van der Waals surface area contributed by atoms with Crippen LogP contribution in [0.15, 0.2) is 22.7 Å². The van der Waals surface area contributed by atoms with E-state index in [1.807, 2.05) is 18.2 Å². The predicted molar refractivity (Wildman–Crippen MR) is 57.4 cm³/mol. The minimum absolute atomic E-state index is 0.702. The Kier molecular flexibility index (Phi) is 2.80. The summed E-state index contributed by atoms with van der Waals surface area (Å²) in [5, 5.41) is 0.702. The minimum atomic E-state index is 0.702. The summed E-state index contributed by atoms with van der Waals surface area (Å²) in [6.07, 6.45) is 2.62. The lowest BCUT2D eigenvalue weighted by Gasteiger charge is -2.05. The zero-order valence-corrected chi connectivity index (χ0v) is 9.44. The van der Waals surface area contributed by atoms with Gasteiger partial charge in [-0.15, -0.1) is 0 Å². The molecule has 0 N–H and O–H groups in total. The molecule has 2 rings (SSSR count). The number of rotatable bonds is 3. The standard InChI is InChI=1S/C10H10BrClO/c11-9-4-3-8(5-10(9)12)13-6-7-1-2-7/h3-5,7H,1-2,6H2. The van der Waals surface area contributed by atoms with Crippen molar-refractivity contribution in [2.24, 2.45) is 5.92 Å². The van der Waals surface area contributed by atoms with E-state index in [4.69, 9.17) is 16.3 Å². The molecule has 0 bridgehead atoms. The highest BCUT2D eigenvalue weighted by atomic mass is 79.9. The van der Waals surface area contributed by atoms with Crippen molar-refractivity contribution >= 4 is 27.5 Å². The van der Waals surface area contributed by atoms with Gasteiger partial charge >= 0.3 is 0 Å². The van der Waals surface area contributed by atoms with Crippen molar-refractivity contribution < 1.29 is 4.74 Å². The van der Waals surface area contributed by atoms with Gasteiger partial charge in [-0.1, -0.05) is 11.6 Å². The molecule has 1 aromatic carbocycles. The Morgan fingerprint density at radius 1 is 1.46 bits per heavy atom. The van der Waals surface area contributed by atoms with Crippen molar-refractivity contribution in [2.75, 3.05) is 6.61 Å². The molecule has 0 spiro atoms. The molecule has 70 valence electrons. The maximum Gasteiger partial charge on any atom is 0.120 e. The number of hydrogen-bond acceptors (Lipinski definition) is 1. The summed E-state index contributed by atoms with van der Waals surface area (Å²) < 4.78 is 6.47. The largest absolute Gasteiger partial charge is 0.493 e. The summed E-state index contributed by atoms with van der Waals surface area (Å²) >= 11 is 9.25. The van der Waals surface area contributed by atoms with Gasteiger partial charge in [0, 0.05) is 4.47 Å². The Hall–Kier alpha value is -0.210. The van der Waals surface area contributed by atoms with Crippen LogP contribution in [0.3, 0.4) is 0 Å². The molecule has 1 aliphatic carbocycles. The van der Waals surface area contributed by atoms with E-state index in [-0.39, 0.29) is 0 Å². The van der Waals surface area contributed by atoms with Crippen LogP contribution in [-0.2, 0) is 0 Å². The van der Waals surface area contributed by atoms with Crippen LogP contribution in [0, 0.1) is 5.92 Å². The summed E-state index contributed by atoms with van der Waals surface area (Å²) in [5.41, 5.74) is 0. The van der Waals surface area contributed by atoms with Crippen LogP contribution in [-0.4, -0.2) is 6.61 Å². The summed E-state index contributed by atoms with van der Waals surface area (Å²) in [6.45, 7) is 0.831. The van der Waals surface area contributed by atoms with E-state index in [2.05, 4.69) is 15.9 Å². The first kappa shape index (κ1) is 9.35. The fraction of sp³-hybridized carbons (Fsp3) is 0.400. The normalized spacial score (nSPS) is 15.8. The van der Waals surface area contributed by atoms with Crippen molar-refractivity contribution in [1.82, 2.24) is 0 Å². The van der Waals surface area contributed by atoms with Crippen molar-refractivity contribution in [3.05, 3.63) is 27.7 Å². The third kappa shape index (κ3) is 2.61. The first-order valence-corrected chi connectivity index (χ1v) is 5.50. The second kappa shape index (κ2) is 3.89. The highest BCUT2D eigenvalue weighted by Gasteiger charge is 2.21. The van der Waals surface area contributed by atoms with Crippen LogP contribution in [0.2, 0.25) is 5.02 Å². The number of halogens is 2. The van der Waals surface area contributed by atoms with Gasteiger partial charge in [0.05, 0.1) is 11.6 Å². The van der Waals surface area contributed by atoms with E-state index in [1.54, 1.807) is 0 Å². The molecule has 0 saturated heterocycles. The third-order valence-corrected chi connectivity index (χ3v) is 3.31. The molecule has 0 amide bonds. The van der Waals surface area contributed by atoms with E-state index in [9.17, 15) is 0 Å². The molecule has 0 aromatic heterocycles. The molecule has 13 heavy (non-hydrogen) atoms. The van der Waals surface area contributed by atoms with E-state index in [0.29, 0.717) is 5.02 Å². The Balaban J connectivity index is 1.98. The quantitative estimate of drug-likeness (QED) is 0.802. The molecule has 3 heteroatoms. The zero-order valence-electron chi connectivity index (χ0n) is 7.09. The maximum absolute atomic E-state index is 5.92. The fourth-order valence-electron chi connectivity index (χ4n) is 1.07. The second-order valence-corrected chi connectivity index (χ2v) is 4.59. The lowest BCUT2D eigenvalue weighted by Crippen LogP contribution is -1.98. The number of ether oxygens (including phenoxy) is 1. The van der Waals surface area contributed by atoms with E-state index >= 15 is 0 Å². The number of benzene rings is 1. The van der Waals surface area contributed by atoms with E-state index < -0.39 is 0 Å². The van der Waals surface area contributed by atoms with Gasteiger partial charge < -0.3 is 4.74 Å². The van der Waals surface area contributed by atoms with Crippen LogP contribution in [0.1, 0.15) is 12.8 Å². The average molecular weight is 262 g/mol. The van der Waals surface area contributed by atoms with Gasteiger partial charge in [-0.3, -0.25) is 0 Å². The van der Waals surface area contributed by atoms with Crippen LogP contribution >= 0.6 is 27.5 Å². The average Bonchev–Trinajstić information content (AvgIpc) is 2.91. The highest BCUT2D eigenvalue weighted by Crippen LogP contribution is 2.31. The van der Waals surface area contributed by atoms with Crippen LogP contribution < -0.4 is 4.74 Å². The smallest absolute Gasteiger partial charge is 0.120 e. The Labute approximate surface area is 91.2 Å². The predicted octanol–water partition coefficient (Wildman–Crippen LogP) is 3.89. The van der Waals surface area contributed by atoms with Gasteiger partial charge in [0.2, 0.25) is 0 Å². The summed E-state index contributed by atoms with van der Waals surface area (Å²) in [6, 6.07) is 5.68. The van der Waals surface area contributed by atoms with Crippen LogP contribution in [0.4, 0.5) is 0 Å². The molecular formula is C10H10BrClO. The monoisotopic (exact) mass is 260 g/mol. The van der Waals surface area contributed by atoms with Gasteiger partial charge in [0.1, 0.15) is 5.75 Å². The Morgan fingerprint density at radius 2 is 2.23 bits per heavy atom. The van der Waals surface area contributed by atoms with Crippen LogP contribution in [0.5, 0.6) is 5.75 Å². The zero-order chi connectivity index (χ0) is 9.26. The summed E-state index contributed by atoms with van der Waals surface area (Å²) in [5.74, 6) is 1.64. The van der Waals surface area contributed by atoms with E-state index in [0.717, 1.165) is 22.7 Å². The highest BCUT2D eigenvalue weighted by molar-refractivity contribution is 9.10. The van der Waals surface area contributed by atoms with Gasteiger partial charge in [-0.25, -0.2) is 0 Å². The maximum atomic E-state index is 5.92. The topological polar surface area (TPSA) is 9.23 Å². The Bertz CT molecular complexity index is 310. The summed E-state index contributed by atoms with van der Waals surface area (Å²) in [7, 11) is 0. The molecule has 0 unspecified atom stereocenters. The van der Waals surface area contributed by atoms with E-state index in [1.165, 1.54) is 12.8 Å². The Morgan fingerprint density at radius 3 is 2.85 bits per heavy atom. The van der Waals surface area contributed by atoms with Crippen molar-refractivity contribution in [1.29, 1.82) is 0 Å². The first-order chi connectivity index (χ1) is 6.25. The molecule has 1 saturated carbocycles. The first-order valence-electron chi connectivity index (χ1n) is 4.33. The molecular weight excluding hydrogens is 251 g/mol. The molecule has 1 fully saturated rings. The van der Waals surface area contributed by atoms with Crippen molar-refractivity contribution in [3.8, 4) is 5.75 Å². The molecule has 1 aromatic rings. The lowest BCUT2D eigenvalue weighted by molar-refractivity contribution is 0.300. The summed E-state index contributed by atoms with van der Waals surface area (Å²) in [4.78, 5) is 0. The van der Waals surface area contributed by atoms with Gasteiger partial charge in [-0.05, 0) is 52.9 Å². The number of hydrogen-bond donors (Lipinski definition) is 0. The lowest BCUT2D eigenvalue weighted by atomic mass is 10.3. The van der Waals surface area contributed by atoms with Gasteiger partial charge in [0.25, 0.3) is 0 Å². The fourth-order valence-corrected chi connectivity index (χ4v) is 1.48.